The summed E-state index contributed by atoms with van der Waals surface area (Å²) in [6, 6.07) is 0. The smallest absolute Gasteiger partial charge is 0.331 e. The molecule has 166 valence electrons. The van der Waals surface area contributed by atoms with E-state index in [4.69, 9.17) is 14.2 Å². The van der Waals surface area contributed by atoms with Crippen molar-refractivity contribution >= 4 is 5.97 Å². The molecule has 5 fully saturated rings. The predicted octanol–water partition coefficient (Wildman–Crippen LogP) is 2.71. The molecular formula is C24H34O6. The van der Waals surface area contributed by atoms with Gasteiger partial charge in [-0.3, -0.25) is 0 Å². The maximum atomic E-state index is 11.9. The van der Waals surface area contributed by atoms with Crippen LogP contribution in [0.15, 0.2) is 11.6 Å². The highest BCUT2D eigenvalue weighted by Crippen LogP contribution is 2.76. The van der Waals surface area contributed by atoms with Crippen LogP contribution in [0.2, 0.25) is 0 Å². The topological polar surface area (TPSA) is 85.2 Å². The number of carbonyl (C=O) groups is 1. The number of aliphatic hydroxyl groups is 2. The van der Waals surface area contributed by atoms with Gasteiger partial charge in [0.05, 0.1) is 22.7 Å². The average Bonchev–Trinajstić information content (AvgIpc) is 3.34. The number of aliphatic hydroxyl groups excluding tert-OH is 1. The summed E-state index contributed by atoms with van der Waals surface area (Å²) in [7, 11) is 1.71. The standard InChI is InChI=1S/C24H34O6/c1-21-7-6-18-23-8-5-15(25)12-22(23,27)9-10-24(18,30-20(23)28-2)17(21)4-3-16(21)14-11-19(26)29-13-14/h11,15-18,20,25,27H,3-10,12-13H2,1-2H3/t15-,16-,17-,18-,20-,21+,22+,23-,24-/m0/s1. The molecule has 6 nitrogen and oxygen atoms in total. The lowest BCUT2D eigenvalue weighted by atomic mass is 9.42. The molecule has 0 aromatic rings. The van der Waals surface area contributed by atoms with Crippen molar-refractivity contribution in [3.63, 3.8) is 0 Å². The van der Waals surface area contributed by atoms with Crippen LogP contribution < -0.4 is 0 Å². The van der Waals surface area contributed by atoms with E-state index in [-0.39, 0.29) is 22.9 Å². The maximum Gasteiger partial charge on any atom is 0.331 e. The second kappa shape index (κ2) is 6.09. The third kappa shape index (κ3) is 2.12. The Balaban J connectivity index is 1.42. The van der Waals surface area contributed by atoms with Crippen molar-refractivity contribution in [2.75, 3.05) is 13.7 Å². The first-order valence-corrected chi connectivity index (χ1v) is 11.8. The number of rotatable bonds is 2. The van der Waals surface area contributed by atoms with Crippen LogP contribution >= 0.6 is 0 Å². The van der Waals surface area contributed by atoms with Crippen molar-refractivity contribution in [2.45, 2.75) is 88.3 Å². The van der Waals surface area contributed by atoms with Crippen molar-refractivity contribution < 1.29 is 29.2 Å². The van der Waals surface area contributed by atoms with E-state index in [0.29, 0.717) is 37.7 Å². The fourth-order valence-corrected chi connectivity index (χ4v) is 9.41. The van der Waals surface area contributed by atoms with Crippen LogP contribution in [0, 0.1) is 28.6 Å². The van der Waals surface area contributed by atoms with Crippen LogP contribution in [0.1, 0.15) is 64.7 Å². The molecule has 0 amide bonds. The molecule has 0 unspecified atom stereocenters. The minimum Gasteiger partial charge on any atom is -0.458 e. The van der Waals surface area contributed by atoms with Gasteiger partial charge in [0.25, 0.3) is 0 Å². The molecule has 0 radical (unpaired) electrons. The molecule has 2 N–H and O–H groups in total. The molecule has 2 heterocycles. The molecule has 6 rings (SSSR count). The molecule has 6 aliphatic rings. The molecule has 30 heavy (non-hydrogen) atoms. The number of ether oxygens (including phenoxy) is 3. The Morgan fingerprint density at radius 1 is 1.10 bits per heavy atom. The Labute approximate surface area is 177 Å². The number of methoxy groups -OCH3 is 1. The first-order valence-electron chi connectivity index (χ1n) is 11.8. The zero-order chi connectivity index (χ0) is 20.9. The van der Waals surface area contributed by atoms with Crippen molar-refractivity contribution in [1.29, 1.82) is 0 Å². The highest BCUT2D eigenvalue weighted by molar-refractivity contribution is 5.85. The third-order valence-corrected chi connectivity index (χ3v) is 10.5. The van der Waals surface area contributed by atoms with Gasteiger partial charge in [0.1, 0.15) is 6.61 Å². The fourth-order valence-electron chi connectivity index (χ4n) is 9.41. The summed E-state index contributed by atoms with van der Waals surface area (Å²) in [4.78, 5) is 11.7. The Kier molecular flexibility index (Phi) is 4.00. The molecule has 0 aromatic carbocycles. The molecule has 1 spiro atoms. The van der Waals surface area contributed by atoms with Crippen molar-refractivity contribution in [2.24, 2.45) is 28.6 Å². The van der Waals surface area contributed by atoms with E-state index < -0.39 is 23.4 Å². The van der Waals surface area contributed by atoms with Gasteiger partial charge in [0, 0.05) is 25.5 Å². The van der Waals surface area contributed by atoms with Gasteiger partial charge >= 0.3 is 5.97 Å². The van der Waals surface area contributed by atoms with Gasteiger partial charge in [0.2, 0.25) is 0 Å². The van der Waals surface area contributed by atoms with Crippen molar-refractivity contribution in [3.05, 3.63) is 11.6 Å². The SMILES string of the molecule is CO[C@H]1O[C@]23CC[C@@]4(O)C[C@@H](O)CC[C@]14[C@@H]2CC[C@]1(C)[C@H](C2=CC(=O)OC2)CC[C@@H]13. The van der Waals surface area contributed by atoms with Gasteiger partial charge in [-0.15, -0.1) is 0 Å². The molecule has 2 bridgehead atoms. The molecule has 4 saturated carbocycles. The summed E-state index contributed by atoms with van der Waals surface area (Å²) >= 11 is 0. The summed E-state index contributed by atoms with van der Waals surface area (Å²) in [6.07, 6.45) is 8.47. The van der Waals surface area contributed by atoms with Gasteiger partial charge in [-0.25, -0.2) is 4.79 Å². The van der Waals surface area contributed by atoms with E-state index in [2.05, 4.69) is 6.92 Å². The van der Waals surface area contributed by atoms with Gasteiger partial charge in [-0.2, -0.15) is 0 Å². The number of carbonyl (C=O) groups excluding carboxylic acids is 1. The van der Waals surface area contributed by atoms with Crippen LogP contribution in [-0.4, -0.2) is 53.5 Å². The number of cyclic esters (lactones) is 1. The highest BCUT2D eigenvalue weighted by Gasteiger charge is 2.79. The lowest BCUT2D eigenvalue weighted by Crippen LogP contribution is -2.67. The summed E-state index contributed by atoms with van der Waals surface area (Å²) in [5.74, 6) is 0.801. The summed E-state index contributed by atoms with van der Waals surface area (Å²) in [5, 5.41) is 22.2. The van der Waals surface area contributed by atoms with Crippen molar-refractivity contribution in [3.8, 4) is 0 Å². The second-order valence-electron chi connectivity index (χ2n) is 11.2. The zero-order valence-corrected chi connectivity index (χ0v) is 18.1. The lowest BCUT2D eigenvalue weighted by Gasteiger charge is -2.63. The van der Waals surface area contributed by atoms with Gasteiger partial charge < -0.3 is 24.4 Å². The van der Waals surface area contributed by atoms with Gasteiger partial charge in [-0.1, -0.05) is 6.92 Å². The van der Waals surface area contributed by atoms with Crippen LogP contribution in [0.4, 0.5) is 0 Å². The van der Waals surface area contributed by atoms with E-state index in [9.17, 15) is 15.0 Å². The molecule has 0 aromatic heterocycles. The fraction of sp³-hybridized carbons (Fsp3) is 0.875. The number of hydrogen-bond acceptors (Lipinski definition) is 6. The van der Waals surface area contributed by atoms with Crippen molar-refractivity contribution in [1.82, 2.24) is 0 Å². The monoisotopic (exact) mass is 418 g/mol. The molecule has 1 saturated heterocycles. The largest absolute Gasteiger partial charge is 0.458 e. The van der Waals surface area contributed by atoms with E-state index >= 15 is 0 Å². The predicted molar refractivity (Wildman–Crippen MR) is 107 cm³/mol. The van der Waals surface area contributed by atoms with E-state index in [1.165, 1.54) is 0 Å². The van der Waals surface area contributed by atoms with Gasteiger partial charge in [0.15, 0.2) is 6.29 Å². The Morgan fingerprint density at radius 2 is 1.93 bits per heavy atom. The summed E-state index contributed by atoms with van der Waals surface area (Å²) in [6.45, 7) is 2.83. The second-order valence-corrected chi connectivity index (χ2v) is 11.2. The third-order valence-electron chi connectivity index (χ3n) is 10.5. The van der Waals surface area contributed by atoms with Crippen LogP contribution in [0.25, 0.3) is 0 Å². The van der Waals surface area contributed by atoms with Crippen LogP contribution in [-0.2, 0) is 19.0 Å². The molecule has 6 heteroatoms. The highest BCUT2D eigenvalue weighted by atomic mass is 16.7. The summed E-state index contributed by atoms with van der Waals surface area (Å²) in [5.41, 5.74) is -0.394. The van der Waals surface area contributed by atoms with Crippen LogP contribution in [0.5, 0.6) is 0 Å². The Morgan fingerprint density at radius 3 is 2.67 bits per heavy atom. The molecular weight excluding hydrogens is 384 g/mol. The number of hydrogen-bond donors (Lipinski definition) is 2. The zero-order valence-electron chi connectivity index (χ0n) is 18.1. The number of fused-ring (bicyclic) bond motifs is 1. The Bertz CT molecular complexity index is 810. The Hall–Kier alpha value is -0.950. The molecule has 4 aliphatic carbocycles. The first kappa shape index (κ1) is 19.7. The number of esters is 1. The minimum absolute atomic E-state index is 0.0732. The van der Waals surface area contributed by atoms with Crippen LogP contribution in [0.3, 0.4) is 0 Å². The average molecular weight is 419 g/mol. The minimum atomic E-state index is -0.921. The molecule has 2 aliphatic heterocycles. The maximum absolute atomic E-state index is 11.9. The quantitative estimate of drug-likeness (QED) is 0.671. The van der Waals surface area contributed by atoms with E-state index in [1.807, 2.05) is 0 Å². The van der Waals surface area contributed by atoms with Gasteiger partial charge in [-0.05, 0) is 74.2 Å². The normalized spacial score (nSPS) is 56.7. The molecule has 9 atom stereocenters. The van der Waals surface area contributed by atoms with E-state index in [1.54, 1.807) is 13.2 Å². The lowest BCUT2D eigenvalue weighted by molar-refractivity contribution is -0.239. The van der Waals surface area contributed by atoms with E-state index in [0.717, 1.165) is 44.1 Å². The summed E-state index contributed by atoms with van der Waals surface area (Å²) < 4.78 is 18.1. The first-order chi connectivity index (χ1) is 14.3.